The molecule has 0 saturated carbocycles. The van der Waals surface area contributed by atoms with Gasteiger partial charge in [-0.05, 0) is 30.3 Å². The molecule has 0 fully saturated rings. The van der Waals surface area contributed by atoms with Gasteiger partial charge in [0.15, 0.2) is 11.6 Å². The van der Waals surface area contributed by atoms with E-state index in [1.807, 2.05) is 4.90 Å². The summed E-state index contributed by atoms with van der Waals surface area (Å²) >= 11 is 0. The van der Waals surface area contributed by atoms with Gasteiger partial charge in [-0.2, -0.15) is 13.2 Å². The number of benzene rings is 1. The number of aromatic nitrogens is 7. The monoisotopic (exact) mass is 561 g/mol. The maximum atomic E-state index is 14.6. The Kier molecular flexibility index (Phi) is 6.72. The molecule has 39 heavy (non-hydrogen) atoms. The zero-order valence-corrected chi connectivity index (χ0v) is 20.5. The van der Waals surface area contributed by atoms with Gasteiger partial charge < -0.3 is 14.8 Å². The summed E-state index contributed by atoms with van der Waals surface area (Å²) in [4.78, 5) is 18.3. The molecule has 0 atom stereocenters. The lowest BCUT2D eigenvalue weighted by molar-refractivity contribution is -0.147. The van der Waals surface area contributed by atoms with Crippen LogP contribution in [0.4, 0.5) is 39.4 Å². The van der Waals surface area contributed by atoms with Crippen LogP contribution in [-0.4, -0.2) is 41.2 Å². The third kappa shape index (κ3) is 5.02. The van der Waals surface area contributed by atoms with Crippen molar-refractivity contribution in [3.63, 3.8) is 0 Å². The van der Waals surface area contributed by atoms with Crippen LogP contribution in [0.1, 0.15) is 11.6 Å². The molecule has 5 aromatic rings. The van der Waals surface area contributed by atoms with Crippen molar-refractivity contribution in [1.82, 2.24) is 34.7 Å². The van der Waals surface area contributed by atoms with E-state index in [-0.39, 0.29) is 54.0 Å². The zero-order valence-electron chi connectivity index (χ0n) is 19.7. The standard InChI is InChI=1S/C24H16F5N9.ClH/c25-16-9-14(8-13-2-1-5-30-20(13)16)21-17(26)11-32-23(34-21)33-18-4-3-15(10-31-18)37-6-7-38-19(12-37)35-36-22(38)24(27,28)29;/h1-5,8-11H,6-7,12H2,(H,31,32,33,34);1H. The van der Waals surface area contributed by atoms with E-state index in [4.69, 9.17) is 0 Å². The SMILES string of the molecule is Cl.Fc1cnc(Nc2ccc(N3CCn4c(nnc4C(F)(F)F)C3)cn2)nc1-c1cc(F)c2ncccc2c1. The minimum Gasteiger partial charge on any atom is -0.361 e. The molecule has 0 bridgehead atoms. The van der Waals surface area contributed by atoms with Crippen molar-refractivity contribution in [1.29, 1.82) is 0 Å². The summed E-state index contributed by atoms with van der Waals surface area (Å²) in [6.45, 7) is 0.527. The molecule has 0 saturated heterocycles. The van der Waals surface area contributed by atoms with E-state index in [0.717, 1.165) is 16.8 Å². The molecule has 0 aliphatic carbocycles. The van der Waals surface area contributed by atoms with Crippen LogP contribution < -0.4 is 10.2 Å². The maximum Gasteiger partial charge on any atom is 0.451 e. The number of anilines is 3. The topological polar surface area (TPSA) is 97.5 Å². The average Bonchev–Trinajstić information content (AvgIpc) is 3.34. The molecule has 0 amide bonds. The molecule has 0 spiro atoms. The Morgan fingerprint density at radius 2 is 1.74 bits per heavy atom. The van der Waals surface area contributed by atoms with Crippen LogP contribution in [0.15, 0.2) is 55.0 Å². The molecule has 200 valence electrons. The highest BCUT2D eigenvalue weighted by Crippen LogP contribution is 2.31. The van der Waals surface area contributed by atoms with Gasteiger partial charge in [0.05, 0.1) is 24.6 Å². The van der Waals surface area contributed by atoms with Crippen LogP contribution in [0, 0.1) is 11.6 Å². The van der Waals surface area contributed by atoms with E-state index < -0.39 is 23.6 Å². The summed E-state index contributed by atoms with van der Waals surface area (Å²) in [5.41, 5.74) is 0.961. The molecule has 6 rings (SSSR count). The molecule has 1 aliphatic heterocycles. The van der Waals surface area contributed by atoms with Crippen molar-refractivity contribution in [3.8, 4) is 11.3 Å². The lowest BCUT2D eigenvalue weighted by Crippen LogP contribution is -2.35. The average molecular weight is 562 g/mol. The first-order chi connectivity index (χ1) is 18.3. The normalized spacial score (nSPS) is 13.2. The second-order valence-electron chi connectivity index (χ2n) is 8.46. The van der Waals surface area contributed by atoms with Gasteiger partial charge in [0.25, 0.3) is 0 Å². The van der Waals surface area contributed by atoms with Gasteiger partial charge in [-0.25, -0.2) is 23.7 Å². The van der Waals surface area contributed by atoms with Gasteiger partial charge >= 0.3 is 6.18 Å². The Morgan fingerprint density at radius 1 is 0.897 bits per heavy atom. The Hall–Kier alpha value is -4.46. The Labute approximate surface area is 223 Å². The highest BCUT2D eigenvalue weighted by Gasteiger charge is 2.39. The van der Waals surface area contributed by atoms with E-state index in [9.17, 15) is 22.0 Å². The molecule has 0 radical (unpaired) electrons. The first-order valence-electron chi connectivity index (χ1n) is 11.3. The smallest absolute Gasteiger partial charge is 0.361 e. The molecular weight excluding hydrogens is 545 g/mol. The Bertz CT molecular complexity index is 1660. The summed E-state index contributed by atoms with van der Waals surface area (Å²) in [6, 6.07) is 9.42. The number of fused-ring (bicyclic) bond motifs is 2. The summed E-state index contributed by atoms with van der Waals surface area (Å²) < 4.78 is 69.4. The van der Waals surface area contributed by atoms with Crippen molar-refractivity contribution in [2.24, 2.45) is 0 Å². The van der Waals surface area contributed by atoms with E-state index in [1.165, 1.54) is 12.4 Å². The van der Waals surface area contributed by atoms with Gasteiger partial charge in [0.2, 0.25) is 11.8 Å². The van der Waals surface area contributed by atoms with Gasteiger partial charge in [-0.15, -0.1) is 22.6 Å². The summed E-state index contributed by atoms with van der Waals surface area (Å²) in [6.07, 6.45) is -0.583. The van der Waals surface area contributed by atoms with Crippen molar-refractivity contribution in [2.75, 3.05) is 16.8 Å². The number of hydrogen-bond donors (Lipinski definition) is 1. The fraction of sp³-hybridized carbons (Fsp3) is 0.167. The fourth-order valence-corrected chi connectivity index (χ4v) is 4.26. The summed E-state index contributed by atoms with van der Waals surface area (Å²) in [7, 11) is 0. The van der Waals surface area contributed by atoms with Crippen molar-refractivity contribution in [2.45, 2.75) is 19.3 Å². The van der Waals surface area contributed by atoms with Gasteiger partial charge in [0, 0.05) is 30.2 Å². The quantitative estimate of drug-likeness (QED) is 0.301. The number of nitrogens with zero attached hydrogens (tertiary/aromatic N) is 8. The number of pyridine rings is 2. The Morgan fingerprint density at radius 3 is 2.51 bits per heavy atom. The van der Waals surface area contributed by atoms with Crippen LogP contribution in [-0.2, 0) is 19.3 Å². The van der Waals surface area contributed by atoms with E-state index in [1.54, 1.807) is 30.3 Å². The van der Waals surface area contributed by atoms with Crippen LogP contribution in [0.3, 0.4) is 0 Å². The van der Waals surface area contributed by atoms with E-state index >= 15 is 0 Å². The molecule has 4 aromatic heterocycles. The van der Waals surface area contributed by atoms with Gasteiger partial charge in [-0.3, -0.25) is 4.98 Å². The Balaban J connectivity index is 0.00000308. The van der Waals surface area contributed by atoms with Gasteiger partial charge in [-0.1, -0.05) is 6.07 Å². The predicted octanol–water partition coefficient (Wildman–Crippen LogP) is 5.16. The molecule has 1 aromatic carbocycles. The number of nitrogens with one attached hydrogen (secondary N) is 1. The van der Waals surface area contributed by atoms with Crippen molar-refractivity contribution < 1.29 is 22.0 Å². The highest BCUT2D eigenvalue weighted by molar-refractivity contribution is 5.85. The molecule has 15 heteroatoms. The first kappa shape index (κ1) is 26.2. The van der Waals surface area contributed by atoms with Gasteiger partial charge in [0.1, 0.15) is 22.8 Å². The maximum absolute atomic E-state index is 14.6. The second kappa shape index (κ2) is 10.0. The molecule has 1 N–H and O–H groups in total. The van der Waals surface area contributed by atoms with Crippen molar-refractivity contribution in [3.05, 3.63) is 78.3 Å². The predicted molar refractivity (Wildman–Crippen MR) is 134 cm³/mol. The minimum atomic E-state index is -4.57. The first-order valence-corrected chi connectivity index (χ1v) is 11.3. The molecule has 9 nitrogen and oxygen atoms in total. The molecule has 5 heterocycles. The van der Waals surface area contributed by atoms with Crippen LogP contribution in [0.5, 0.6) is 0 Å². The minimum absolute atomic E-state index is 0. The van der Waals surface area contributed by atoms with Crippen LogP contribution in [0.2, 0.25) is 0 Å². The second-order valence-corrected chi connectivity index (χ2v) is 8.46. The third-order valence-corrected chi connectivity index (χ3v) is 6.04. The number of alkyl halides is 3. The fourth-order valence-electron chi connectivity index (χ4n) is 4.26. The lowest BCUT2D eigenvalue weighted by atomic mass is 10.1. The molecular formula is C24H17ClF5N9. The highest BCUT2D eigenvalue weighted by atomic mass is 35.5. The van der Waals surface area contributed by atoms with Crippen LogP contribution in [0.25, 0.3) is 22.2 Å². The zero-order chi connectivity index (χ0) is 26.4. The summed E-state index contributed by atoms with van der Waals surface area (Å²) in [5, 5.41) is 10.3. The number of hydrogen-bond acceptors (Lipinski definition) is 8. The van der Waals surface area contributed by atoms with E-state index in [2.05, 4.69) is 35.5 Å². The third-order valence-electron chi connectivity index (χ3n) is 6.04. The number of halogens is 6. The number of rotatable bonds is 4. The van der Waals surface area contributed by atoms with E-state index in [0.29, 0.717) is 23.4 Å². The molecule has 1 aliphatic rings. The van der Waals surface area contributed by atoms with Crippen molar-refractivity contribution >= 4 is 40.8 Å². The molecule has 0 unspecified atom stereocenters. The summed E-state index contributed by atoms with van der Waals surface area (Å²) in [5.74, 6) is -1.74. The largest absolute Gasteiger partial charge is 0.451 e. The lowest BCUT2D eigenvalue weighted by Gasteiger charge is -2.29. The van der Waals surface area contributed by atoms with Crippen LogP contribution >= 0.6 is 12.4 Å².